The second kappa shape index (κ2) is 13.3. The van der Waals surface area contributed by atoms with Gasteiger partial charge >= 0.3 is 0 Å². The van der Waals surface area contributed by atoms with Gasteiger partial charge in [0.15, 0.2) is 0 Å². The van der Waals surface area contributed by atoms with Crippen LogP contribution in [0.5, 0.6) is 0 Å². The molecule has 2 aromatic heterocycles. The summed E-state index contributed by atoms with van der Waals surface area (Å²) in [7, 11) is -3.94. The maximum absolute atomic E-state index is 13.3. The molecule has 13 heteroatoms. The van der Waals surface area contributed by atoms with E-state index >= 15 is 0 Å². The minimum Gasteiger partial charge on any atom is -0.383 e. The zero-order valence-corrected chi connectivity index (χ0v) is 25.2. The third-order valence-electron chi connectivity index (χ3n) is 6.42. The second-order valence-corrected chi connectivity index (χ2v) is 12.5. The Morgan fingerprint density at radius 3 is 2.19 bits per heavy atom. The number of nitriles is 2. The zero-order valence-electron chi connectivity index (χ0n) is 23.6. The topological polar surface area (TPSA) is 188 Å². The molecule has 43 heavy (non-hydrogen) atoms. The minimum atomic E-state index is -3.94. The van der Waals surface area contributed by atoms with E-state index in [0.717, 1.165) is 17.3 Å². The van der Waals surface area contributed by atoms with E-state index in [0.29, 0.717) is 29.2 Å². The maximum Gasteiger partial charge on any atom is 0.264 e. The molecule has 11 nitrogen and oxygen atoms in total. The Labute approximate surface area is 254 Å². The van der Waals surface area contributed by atoms with Crippen molar-refractivity contribution in [3.05, 3.63) is 83.7 Å². The van der Waals surface area contributed by atoms with E-state index in [1.54, 1.807) is 6.07 Å². The molecule has 0 saturated carbocycles. The van der Waals surface area contributed by atoms with Gasteiger partial charge in [0.05, 0.1) is 15.7 Å². The summed E-state index contributed by atoms with van der Waals surface area (Å²) in [5, 5.41) is 22.3. The Kier molecular flexibility index (Phi) is 9.60. The quantitative estimate of drug-likeness (QED) is 0.198. The fourth-order valence-electron chi connectivity index (χ4n) is 4.13. The van der Waals surface area contributed by atoms with Gasteiger partial charge in [0, 0.05) is 23.6 Å². The lowest BCUT2D eigenvalue weighted by atomic mass is 9.94. The Morgan fingerprint density at radius 1 is 1.00 bits per heavy atom. The van der Waals surface area contributed by atoms with E-state index < -0.39 is 15.3 Å². The van der Waals surface area contributed by atoms with Crippen LogP contribution in [0.1, 0.15) is 49.8 Å². The number of carbonyl (C=O) groups is 1. The molecule has 1 amide bonds. The average molecular weight is 613 g/mol. The van der Waals surface area contributed by atoms with Gasteiger partial charge in [-0.1, -0.05) is 56.8 Å². The highest BCUT2D eigenvalue weighted by molar-refractivity contribution is 8.00. The van der Waals surface area contributed by atoms with Crippen LogP contribution >= 0.6 is 11.8 Å². The molecule has 2 heterocycles. The van der Waals surface area contributed by atoms with E-state index in [2.05, 4.69) is 51.0 Å². The number of amides is 1. The molecule has 4 N–H and O–H groups in total. The number of nitrogen functional groups attached to an aromatic ring is 1. The first kappa shape index (κ1) is 31.0. The summed E-state index contributed by atoms with van der Waals surface area (Å²) in [6.07, 6.45) is 3.21. The standard InChI is InChI=1S/C30H28N8O3S2/c1-4-25(28(39)36-21-10-12-22(13-11-21)43(40,41)38-30-34-14-5-15-35-30)42-29-24(17-32)26(23(16-31)27(33)37-29)20-8-6-19(7-9-20)18(2)3/h5-15,18,25H,4H2,1-3H3,(H2,33,37)(H,36,39)(H,34,35,38). The lowest BCUT2D eigenvalue weighted by molar-refractivity contribution is -0.115. The van der Waals surface area contributed by atoms with Gasteiger partial charge in [0.1, 0.15) is 28.5 Å². The number of sulfonamides is 1. The van der Waals surface area contributed by atoms with Gasteiger partial charge in [-0.3, -0.25) is 4.79 Å². The SMILES string of the molecule is CCC(Sc1nc(N)c(C#N)c(-c2ccc(C(C)C)cc2)c1C#N)C(=O)Nc1ccc(S(=O)(=O)Nc2ncccn2)cc1. The fraction of sp³-hybridized carbons (Fsp3) is 0.200. The highest BCUT2D eigenvalue weighted by Crippen LogP contribution is 2.38. The number of rotatable bonds is 10. The minimum absolute atomic E-state index is 0.0338. The number of hydrogen-bond donors (Lipinski definition) is 3. The summed E-state index contributed by atoms with van der Waals surface area (Å²) >= 11 is 1.07. The number of carbonyl (C=O) groups excluding carboxylic acids is 1. The Morgan fingerprint density at radius 2 is 1.63 bits per heavy atom. The van der Waals surface area contributed by atoms with Crippen LogP contribution in [0.2, 0.25) is 0 Å². The van der Waals surface area contributed by atoms with Crippen molar-refractivity contribution in [2.75, 3.05) is 15.8 Å². The third-order valence-corrected chi connectivity index (χ3v) is 9.12. The number of benzene rings is 2. The number of hydrogen-bond acceptors (Lipinski definition) is 10. The van der Waals surface area contributed by atoms with Gasteiger partial charge in [-0.05, 0) is 53.8 Å². The molecule has 1 unspecified atom stereocenters. The highest BCUT2D eigenvalue weighted by atomic mass is 32.2. The van der Waals surface area contributed by atoms with Crippen LogP contribution in [0.4, 0.5) is 17.5 Å². The first-order chi connectivity index (χ1) is 20.6. The first-order valence-corrected chi connectivity index (χ1v) is 15.6. The molecule has 0 aliphatic rings. The average Bonchev–Trinajstić information content (AvgIpc) is 3.00. The number of aromatic nitrogens is 3. The lowest BCUT2D eigenvalue weighted by Crippen LogP contribution is -2.25. The van der Waals surface area contributed by atoms with E-state index in [-0.39, 0.29) is 38.7 Å². The van der Waals surface area contributed by atoms with E-state index in [9.17, 15) is 23.7 Å². The number of nitrogens with one attached hydrogen (secondary N) is 2. The molecule has 0 fully saturated rings. The van der Waals surface area contributed by atoms with Crippen molar-refractivity contribution in [2.45, 2.75) is 48.3 Å². The van der Waals surface area contributed by atoms with Gasteiger partial charge in [-0.15, -0.1) is 0 Å². The molecule has 0 aliphatic heterocycles. The first-order valence-electron chi connectivity index (χ1n) is 13.2. The summed E-state index contributed by atoms with van der Waals surface area (Å²) in [6.45, 7) is 5.95. The van der Waals surface area contributed by atoms with Crippen LogP contribution in [0, 0.1) is 22.7 Å². The third kappa shape index (κ3) is 7.09. The van der Waals surface area contributed by atoms with Gasteiger partial charge in [0.2, 0.25) is 11.9 Å². The van der Waals surface area contributed by atoms with Crippen LogP contribution in [0.25, 0.3) is 11.1 Å². The largest absolute Gasteiger partial charge is 0.383 e. The van der Waals surface area contributed by atoms with Crippen molar-refractivity contribution in [1.82, 2.24) is 15.0 Å². The Balaban J connectivity index is 1.57. The molecule has 0 aliphatic carbocycles. The molecular formula is C30H28N8O3S2. The van der Waals surface area contributed by atoms with Gasteiger partial charge in [0.25, 0.3) is 10.0 Å². The van der Waals surface area contributed by atoms with Crippen molar-refractivity contribution >= 4 is 45.1 Å². The van der Waals surface area contributed by atoms with Crippen molar-refractivity contribution in [1.29, 1.82) is 10.5 Å². The number of pyridine rings is 1. The van der Waals surface area contributed by atoms with Gasteiger partial charge in [-0.25, -0.2) is 28.1 Å². The number of anilines is 3. The maximum atomic E-state index is 13.3. The van der Waals surface area contributed by atoms with Crippen LogP contribution in [-0.2, 0) is 14.8 Å². The fourth-order valence-corrected chi connectivity index (χ4v) is 6.11. The summed E-state index contributed by atoms with van der Waals surface area (Å²) in [5.74, 6) is -0.172. The molecule has 0 saturated heterocycles. The summed E-state index contributed by atoms with van der Waals surface area (Å²) in [6, 6.07) is 19.0. The highest BCUT2D eigenvalue weighted by Gasteiger charge is 2.26. The molecule has 1 atom stereocenters. The van der Waals surface area contributed by atoms with Crippen molar-refractivity contribution in [2.24, 2.45) is 0 Å². The Bertz CT molecular complexity index is 1820. The molecular weight excluding hydrogens is 585 g/mol. The molecule has 4 rings (SSSR count). The predicted molar refractivity (Wildman–Crippen MR) is 165 cm³/mol. The smallest absolute Gasteiger partial charge is 0.264 e. The predicted octanol–water partition coefficient (Wildman–Crippen LogP) is 5.30. The van der Waals surface area contributed by atoms with Crippen LogP contribution < -0.4 is 15.8 Å². The summed E-state index contributed by atoms with van der Waals surface area (Å²) < 4.78 is 27.6. The molecule has 0 radical (unpaired) electrons. The monoisotopic (exact) mass is 612 g/mol. The van der Waals surface area contributed by atoms with E-state index in [4.69, 9.17) is 5.73 Å². The van der Waals surface area contributed by atoms with E-state index in [1.807, 2.05) is 31.2 Å². The number of thioether (sulfide) groups is 1. The van der Waals surface area contributed by atoms with Crippen molar-refractivity contribution in [3.8, 4) is 23.3 Å². The number of nitrogens with zero attached hydrogens (tertiary/aromatic N) is 5. The van der Waals surface area contributed by atoms with Gasteiger partial charge in [-0.2, -0.15) is 10.5 Å². The van der Waals surface area contributed by atoms with Crippen LogP contribution in [-0.4, -0.2) is 34.5 Å². The Hall–Kier alpha value is -4.98. The van der Waals surface area contributed by atoms with Crippen LogP contribution in [0.15, 0.2) is 76.9 Å². The molecule has 0 spiro atoms. The summed E-state index contributed by atoms with van der Waals surface area (Å²) in [4.78, 5) is 25.3. The van der Waals surface area contributed by atoms with Crippen LogP contribution in [0.3, 0.4) is 0 Å². The molecule has 4 aromatic rings. The van der Waals surface area contributed by atoms with Crippen molar-refractivity contribution < 1.29 is 13.2 Å². The normalized spacial score (nSPS) is 11.8. The van der Waals surface area contributed by atoms with Gasteiger partial charge < -0.3 is 11.1 Å². The van der Waals surface area contributed by atoms with Crippen molar-refractivity contribution in [3.63, 3.8) is 0 Å². The second-order valence-electron chi connectivity index (χ2n) is 9.63. The molecule has 2 aromatic carbocycles. The molecule has 218 valence electrons. The summed E-state index contributed by atoms with van der Waals surface area (Å²) in [5.41, 5.74) is 8.92. The lowest BCUT2D eigenvalue weighted by Gasteiger charge is -2.18. The van der Waals surface area contributed by atoms with E-state index in [1.165, 1.54) is 36.7 Å². The number of nitrogens with two attached hydrogens (primary N) is 1. The zero-order chi connectivity index (χ0) is 31.1. The molecule has 0 bridgehead atoms.